The van der Waals surface area contributed by atoms with Crippen LogP contribution in [0.3, 0.4) is 0 Å². The first kappa shape index (κ1) is 18.4. The Labute approximate surface area is 157 Å². The van der Waals surface area contributed by atoms with E-state index in [0.29, 0.717) is 17.9 Å². The summed E-state index contributed by atoms with van der Waals surface area (Å²) in [5.41, 5.74) is 1.60. The summed E-state index contributed by atoms with van der Waals surface area (Å²) in [5.74, 6) is 0.626. The molecule has 1 aromatic heterocycles. The van der Waals surface area contributed by atoms with Crippen LogP contribution in [0.15, 0.2) is 66.9 Å². The normalized spacial score (nSPS) is 10.3. The zero-order valence-corrected chi connectivity index (χ0v) is 14.9. The molecule has 0 radical (unpaired) electrons. The topological polar surface area (TPSA) is 63.2 Å². The number of carbonyl (C=O) groups is 1. The predicted octanol–water partition coefficient (Wildman–Crippen LogP) is 4.14. The lowest BCUT2D eigenvalue weighted by molar-refractivity contribution is 0.102. The van der Waals surface area contributed by atoms with Crippen LogP contribution in [0, 0.1) is 5.82 Å². The van der Waals surface area contributed by atoms with Crippen molar-refractivity contribution in [3.63, 3.8) is 0 Å². The van der Waals surface area contributed by atoms with E-state index >= 15 is 0 Å². The molecular formula is C21H20FN3O2. The van der Waals surface area contributed by atoms with Crippen LogP contribution < -0.4 is 15.4 Å². The molecule has 0 aliphatic heterocycles. The van der Waals surface area contributed by atoms with E-state index in [-0.39, 0.29) is 5.69 Å². The maximum absolute atomic E-state index is 13.6. The van der Waals surface area contributed by atoms with Crippen LogP contribution in [-0.2, 0) is 6.42 Å². The summed E-state index contributed by atoms with van der Waals surface area (Å²) >= 11 is 0. The van der Waals surface area contributed by atoms with Crippen molar-refractivity contribution in [3.8, 4) is 5.75 Å². The number of aromatic nitrogens is 1. The zero-order chi connectivity index (χ0) is 19.1. The van der Waals surface area contributed by atoms with Gasteiger partial charge in [-0.3, -0.25) is 4.79 Å². The number of halogens is 1. The highest BCUT2D eigenvalue weighted by Crippen LogP contribution is 2.18. The third kappa shape index (κ3) is 4.82. The van der Waals surface area contributed by atoms with E-state index in [9.17, 15) is 9.18 Å². The predicted molar refractivity (Wildman–Crippen MR) is 104 cm³/mol. The second-order valence-electron chi connectivity index (χ2n) is 5.85. The standard InChI is InChI=1S/C21H20FN3O2/c1-27-19-9-5-2-6-15(19)12-13-23-20-11-10-16(14-24-20)21(26)25-18-8-4-3-7-17(18)22/h2-11,14H,12-13H2,1H3,(H,23,24)(H,25,26). The first-order chi connectivity index (χ1) is 13.2. The molecule has 0 saturated carbocycles. The molecule has 0 fully saturated rings. The molecule has 138 valence electrons. The number of hydrogen-bond donors (Lipinski definition) is 2. The Kier molecular flexibility index (Phi) is 5.99. The maximum Gasteiger partial charge on any atom is 0.257 e. The summed E-state index contributed by atoms with van der Waals surface area (Å²) in [6.45, 7) is 0.675. The van der Waals surface area contributed by atoms with Crippen LogP contribution in [-0.4, -0.2) is 24.5 Å². The highest BCUT2D eigenvalue weighted by atomic mass is 19.1. The van der Waals surface area contributed by atoms with Gasteiger partial charge in [0.05, 0.1) is 18.4 Å². The van der Waals surface area contributed by atoms with Crippen LogP contribution in [0.4, 0.5) is 15.9 Å². The van der Waals surface area contributed by atoms with E-state index in [1.54, 1.807) is 31.4 Å². The van der Waals surface area contributed by atoms with E-state index in [4.69, 9.17) is 4.74 Å². The van der Waals surface area contributed by atoms with E-state index in [1.807, 2.05) is 24.3 Å². The van der Waals surface area contributed by atoms with E-state index in [0.717, 1.165) is 17.7 Å². The fourth-order valence-corrected chi connectivity index (χ4v) is 2.62. The first-order valence-corrected chi connectivity index (χ1v) is 8.55. The molecule has 0 bridgehead atoms. The summed E-state index contributed by atoms with van der Waals surface area (Å²) in [4.78, 5) is 16.4. The molecule has 1 heterocycles. The number of benzene rings is 2. The second kappa shape index (κ2) is 8.80. The third-order valence-electron chi connectivity index (χ3n) is 4.04. The Hall–Kier alpha value is -3.41. The van der Waals surface area contributed by atoms with Crippen molar-refractivity contribution in [3.05, 3.63) is 83.8 Å². The number of para-hydroxylation sites is 2. The van der Waals surface area contributed by atoms with Crippen molar-refractivity contribution >= 4 is 17.4 Å². The van der Waals surface area contributed by atoms with Gasteiger partial charge in [0.2, 0.25) is 0 Å². The van der Waals surface area contributed by atoms with E-state index < -0.39 is 11.7 Å². The molecule has 3 aromatic rings. The number of anilines is 2. The molecule has 3 rings (SSSR count). The molecule has 27 heavy (non-hydrogen) atoms. The molecular weight excluding hydrogens is 345 g/mol. The highest BCUT2D eigenvalue weighted by molar-refractivity contribution is 6.04. The van der Waals surface area contributed by atoms with E-state index in [2.05, 4.69) is 15.6 Å². The number of ether oxygens (including phenoxy) is 1. The Bertz CT molecular complexity index is 913. The van der Waals surface area contributed by atoms with Gasteiger partial charge in [0.1, 0.15) is 17.4 Å². The Balaban J connectivity index is 1.55. The average Bonchev–Trinajstić information content (AvgIpc) is 2.70. The van der Waals surface area contributed by atoms with Crippen LogP contribution in [0.5, 0.6) is 5.75 Å². The molecule has 5 nitrogen and oxygen atoms in total. The van der Waals surface area contributed by atoms with Gasteiger partial charge >= 0.3 is 0 Å². The van der Waals surface area contributed by atoms with Crippen LogP contribution in [0.1, 0.15) is 15.9 Å². The van der Waals surface area contributed by atoms with Gasteiger partial charge in [-0.1, -0.05) is 30.3 Å². The number of hydrogen-bond acceptors (Lipinski definition) is 4. The number of pyridine rings is 1. The number of carbonyl (C=O) groups excluding carboxylic acids is 1. The van der Waals surface area contributed by atoms with Crippen molar-refractivity contribution in [1.82, 2.24) is 4.98 Å². The first-order valence-electron chi connectivity index (χ1n) is 8.55. The van der Waals surface area contributed by atoms with Gasteiger partial charge in [0.25, 0.3) is 5.91 Å². The number of rotatable bonds is 7. The zero-order valence-electron chi connectivity index (χ0n) is 14.9. The summed E-state index contributed by atoms with van der Waals surface area (Å²) < 4.78 is 18.9. The largest absolute Gasteiger partial charge is 0.496 e. The molecule has 0 aliphatic rings. The van der Waals surface area contributed by atoms with Crippen LogP contribution >= 0.6 is 0 Å². The van der Waals surface area contributed by atoms with Crippen molar-refractivity contribution in [2.45, 2.75) is 6.42 Å². The molecule has 2 N–H and O–H groups in total. The van der Waals surface area contributed by atoms with Crippen LogP contribution in [0.25, 0.3) is 0 Å². The van der Waals surface area contributed by atoms with Gasteiger partial charge in [0.15, 0.2) is 0 Å². The molecule has 0 unspecified atom stereocenters. The fraction of sp³-hybridized carbons (Fsp3) is 0.143. The SMILES string of the molecule is COc1ccccc1CCNc1ccc(C(=O)Nc2ccccc2F)cn1. The van der Waals surface area contributed by atoms with Crippen LogP contribution in [0.2, 0.25) is 0 Å². The fourth-order valence-electron chi connectivity index (χ4n) is 2.62. The molecule has 1 amide bonds. The lowest BCUT2D eigenvalue weighted by atomic mass is 10.1. The second-order valence-corrected chi connectivity index (χ2v) is 5.85. The van der Waals surface area contributed by atoms with Crippen molar-refractivity contribution < 1.29 is 13.9 Å². The molecule has 0 saturated heterocycles. The Morgan fingerprint density at radius 2 is 1.85 bits per heavy atom. The molecule has 0 atom stereocenters. The lowest BCUT2D eigenvalue weighted by Gasteiger charge is -2.10. The summed E-state index contributed by atoms with van der Waals surface area (Å²) in [6, 6.07) is 17.2. The van der Waals surface area contributed by atoms with Gasteiger partial charge < -0.3 is 15.4 Å². The van der Waals surface area contributed by atoms with Gasteiger partial charge in [0, 0.05) is 12.7 Å². The molecule has 6 heteroatoms. The summed E-state index contributed by atoms with van der Waals surface area (Å²) in [5, 5.41) is 5.75. The molecule has 2 aromatic carbocycles. The number of nitrogens with one attached hydrogen (secondary N) is 2. The molecule has 0 spiro atoms. The highest BCUT2D eigenvalue weighted by Gasteiger charge is 2.09. The van der Waals surface area contributed by atoms with Crippen molar-refractivity contribution in [2.75, 3.05) is 24.3 Å². The minimum Gasteiger partial charge on any atom is -0.496 e. The molecule has 0 aliphatic carbocycles. The van der Waals surface area contributed by atoms with Gasteiger partial charge in [-0.2, -0.15) is 0 Å². The minimum absolute atomic E-state index is 0.140. The maximum atomic E-state index is 13.6. The number of methoxy groups -OCH3 is 1. The average molecular weight is 365 g/mol. The Morgan fingerprint density at radius 1 is 1.07 bits per heavy atom. The quantitative estimate of drug-likeness (QED) is 0.661. The lowest BCUT2D eigenvalue weighted by Crippen LogP contribution is -2.14. The van der Waals surface area contributed by atoms with Crippen molar-refractivity contribution in [1.29, 1.82) is 0 Å². The number of amides is 1. The number of nitrogens with zero attached hydrogens (tertiary/aromatic N) is 1. The van der Waals surface area contributed by atoms with Gasteiger partial charge in [-0.05, 0) is 42.3 Å². The van der Waals surface area contributed by atoms with Gasteiger partial charge in [-0.15, -0.1) is 0 Å². The van der Waals surface area contributed by atoms with Crippen molar-refractivity contribution in [2.24, 2.45) is 0 Å². The third-order valence-corrected chi connectivity index (χ3v) is 4.04. The minimum atomic E-state index is -0.478. The summed E-state index contributed by atoms with van der Waals surface area (Å²) in [6.07, 6.45) is 2.24. The Morgan fingerprint density at radius 3 is 2.59 bits per heavy atom. The monoisotopic (exact) mass is 365 g/mol. The smallest absolute Gasteiger partial charge is 0.257 e. The van der Waals surface area contributed by atoms with Gasteiger partial charge in [-0.25, -0.2) is 9.37 Å². The van der Waals surface area contributed by atoms with E-state index in [1.165, 1.54) is 18.3 Å². The summed E-state index contributed by atoms with van der Waals surface area (Å²) in [7, 11) is 1.65.